The highest BCUT2D eigenvalue weighted by atomic mass is 19.4. The predicted molar refractivity (Wildman–Crippen MR) is 95.4 cm³/mol. The molecule has 1 rings (SSSR count). The van der Waals surface area contributed by atoms with E-state index >= 15 is 8.78 Å². The molecular formula is C19H19F9O6. The van der Waals surface area contributed by atoms with Crippen molar-refractivity contribution in [1.29, 1.82) is 0 Å². The van der Waals surface area contributed by atoms with Gasteiger partial charge in [-0.3, -0.25) is 9.53 Å². The van der Waals surface area contributed by atoms with Gasteiger partial charge in [-0.1, -0.05) is 13.3 Å². The molecule has 0 saturated carbocycles. The largest absolute Gasteiger partial charge is 0.507 e. The van der Waals surface area contributed by atoms with E-state index < -0.39 is 71.4 Å². The highest BCUT2D eigenvalue weighted by molar-refractivity contribution is 5.95. The molecule has 1 N–H and O–H groups in total. The number of benzene rings is 1. The van der Waals surface area contributed by atoms with Crippen LogP contribution >= 0.6 is 0 Å². The highest BCUT2D eigenvalue weighted by Gasteiger charge is 2.77. The maximum Gasteiger partial charge on any atom is 0.462 e. The molecule has 6 nitrogen and oxygen atoms in total. The van der Waals surface area contributed by atoms with Gasteiger partial charge in [0.1, 0.15) is 17.1 Å². The molecule has 1 aromatic carbocycles. The molecule has 0 saturated heterocycles. The Labute approximate surface area is 186 Å². The van der Waals surface area contributed by atoms with Crippen LogP contribution in [-0.4, -0.2) is 53.9 Å². The molecule has 0 radical (unpaired) electrons. The summed E-state index contributed by atoms with van der Waals surface area (Å²) >= 11 is 0. The second-order valence-corrected chi connectivity index (χ2v) is 6.93. The first-order valence-electron chi connectivity index (χ1n) is 9.38. The molecule has 0 amide bonds. The second kappa shape index (κ2) is 9.88. The van der Waals surface area contributed by atoms with Crippen molar-refractivity contribution in [1.82, 2.24) is 0 Å². The number of esters is 1. The van der Waals surface area contributed by atoms with Crippen LogP contribution in [0.1, 0.15) is 54.3 Å². The number of aromatic hydroxyl groups is 1. The summed E-state index contributed by atoms with van der Waals surface area (Å²) in [6.07, 6.45) is -15.7. The van der Waals surface area contributed by atoms with Crippen LogP contribution in [-0.2, 0) is 9.47 Å². The number of alkyl halides is 9. The van der Waals surface area contributed by atoms with Crippen LogP contribution in [0.5, 0.6) is 11.5 Å². The van der Waals surface area contributed by atoms with Crippen molar-refractivity contribution in [2.75, 3.05) is 6.61 Å². The van der Waals surface area contributed by atoms with Gasteiger partial charge in [-0.2, -0.15) is 35.1 Å². The number of carbonyl (C=O) groups excluding carboxylic acids is 2. The van der Waals surface area contributed by atoms with Crippen LogP contribution in [0.2, 0.25) is 0 Å². The van der Waals surface area contributed by atoms with E-state index in [1.54, 1.807) is 0 Å². The first-order chi connectivity index (χ1) is 15.3. The molecule has 1 aromatic rings. The average Bonchev–Trinajstić information content (AvgIpc) is 2.67. The monoisotopic (exact) mass is 514 g/mol. The van der Waals surface area contributed by atoms with Gasteiger partial charge in [0.2, 0.25) is 0 Å². The summed E-state index contributed by atoms with van der Waals surface area (Å²) in [5.41, 5.74) is -1.53. The number of hydrogen-bond acceptors (Lipinski definition) is 6. The zero-order chi connectivity index (χ0) is 26.8. The Morgan fingerprint density at radius 2 is 1.59 bits per heavy atom. The third-order valence-electron chi connectivity index (χ3n) is 4.30. The van der Waals surface area contributed by atoms with Crippen molar-refractivity contribution >= 4 is 12.3 Å². The maximum atomic E-state index is 15.3. The lowest BCUT2D eigenvalue weighted by Gasteiger charge is -2.40. The Bertz CT molecular complexity index is 901. The Balaban J connectivity index is 3.57. The highest BCUT2D eigenvalue weighted by Crippen LogP contribution is 2.51. The zero-order valence-electron chi connectivity index (χ0n) is 17.7. The fourth-order valence-electron chi connectivity index (χ4n) is 2.53. The lowest BCUT2D eigenvalue weighted by molar-refractivity contribution is -0.474. The van der Waals surface area contributed by atoms with Gasteiger partial charge in [0.15, 0.2) is 6.29 Å². The van der Waals surface area contributed by atoms with Crippen molar-refractivity contribution in [3.05, 3.63) is 23.3 Å². The third kappa shape index (κ3) is 5.67. The van der Waals surface area contributed by atoms with Crippen LogP contribution in [0, 0.1) is 0 Å². The number of hydrogen-bond donors (Lipinski definition) is 1. The number of phenols is 1. The molecule has 0 aliphatic heterocycles. The summed E-state index contributed by atoms with van der Waals surface area (Å²) < 4.78 is 134. The van der Waals surface area contributed by atoms with Gasteiger partial charge in [0.25, 0.3) is 5.85 Å². The standard InChI is InChI=1S/C19H19F9O6/c1-4-6-16(21,34-19(27,28)17(22,23)18(24,25)26)15(3,20)33-13-7-10(9-29)12(30)8-11(13)14(31)32-5-2/h7-9,30H,4-6H2,1-3H3. The van der Waals surface area contributed by atoms with E-state index in [-0.39, 0.29) is 19.8 Å². The molecule has 15 heteroatoms. The summed E-state index contributed by atoms with van der Waals surface area (Å²) in [6, 6.07) is 0.974. The van der Waals surface area contributed by atoms with Gasteiger partial charge in [-0.15, -0.1) is 0 Å². The molecule has 0 aliphatic rings. The zero-order valence-corrected chi connectivity index (χ0v) is 17.7. The van der Waals surface area contributed by atoms with E-state index in [1.165, 1.54) is 6.92 Å². The smallest absolute Gasteiger partial charge is 0.462 e. The van der Waals surface area contributed by atoms with Gasteiger partial charge in [0, 0.05) is 13.3 Å². The van der Waals surface area contributed by atoms with Crippen molar-refractivity contribution in [3.8, 4) is 11.5 Å². The normalized spacial score (nSPS) is 16.4. The molecule has 0 fully saturated rings. The molecule has 2 atom stereocenters. The molecule has 0 aromatic heterocycles. The average molecular weight is 514 g/mol. The minimum atomic E-state index is -6.93. The van der Waals surface area contributed by atoms with Crippen molar-refractivity contribution in [3.63, 3.8) is 0 Å². The molecule has 194 valence electrons. The molecule has 2 unspecified atom stereocenters. The Kier molecular flexibility index (Phi) is 8.52. The summed E-state index contributed by atoms with van der Waals surface area (Å²) in [5, 5.41) is 9.72. The number of phenolic OH excluding ortho intramolecular Hbond substituents is 1. The summed E-state index contributed by atoms with van der Waals surface area (Å²) in [6.45, 7) is 2.09. The van der Waals surface area contributed by atoms with Crippen LogP contribution in [0.3, 0.4) is 0 Å². The van der Waals surface area contributed by atoms with E-state index in [4.69, 9.17) is 0 Å². The Morgan fingerprint density at radius 1 is 1.03 bits per heavy atom. The Morgan fingerprint density at radius 3 is 2.03 bits per heavy atom. The van der Waals surface area contributed by atoms with E-state index in [0.717, 1.165) is 6.92 Å². The van der Waals surface area contributed by atoms with Crippen LogP contribution < -0.4 is 4.74 Å². The van der Waals surface area contributed by atoms with Crippen molar-refractivity contribution in [2.45, 2.75) is 63.5 Å². The number of halogens is 9. The van der Waals surface area contributed by atoms with E-state index in [2.05, 4.69) is 14.2 Å². The topological polar surface area (TPSA) is 82.1 Å². The minimum absolute atomic E-state index is 0.0207. The predicted octanol–water partition coefficient (Wildman–Crippen LogP) is 5.72. The van der Waals surface area contributed by atoms with Gasteiger partial charge in [-0.25, -0.2) is 9.18 Å². The first-order valence-corrected chi connectivity index (χ1v) is 9.38. The third-order valence-corrected chi connectivity index (χ3v) is 4.30. The summed E-state index contributed by atoms with van der Waals surface area (Å²) in [7, 11) is 0. The molecule has 0 spiro atoms. The van der Waals surface area contributed by atoms with Gasteiger partial charge >= 0.3 is 30.0 Å². The Hall–Kier alpha value is -2.71. The fourth-order valence-corrected chi connectivity index (χ4v) is 2.53. The number of aldehydes is 1. The summed E-state index contributed by atoms with van der Waals surface area (Å²) in [4.78, 5) is 23.1. The van der Waals surface area contributed by atoms with Crippen LogP contribution in [0.4, 0.5) is 39.5 Å². The minimum Gasteiger partial charge on any atom is -0.507 e. The fraction of sp³-hybridized carbons (Fsp3) is 0.579. The SMILES string of the molecule is CCCC(F)(OC(F)(F)C(F)(F)C(F)(F)F)C(C)(F)Oc1cc(C=O)c(O)cc1C(=O)OCC. The number of rotatable bonds is 11. The lowest BCUT2D eigenvalue weighted by Crippen LogP contribution is -2.61. The molecular weight excluding hydrogens is 495 g/mol. The first kappa shape index (κ1) is 29.3. The molecule has 0 bridgehead atoms. The maximum absolute atomic E-state index is 15.3. The van der Waals surface area contributed by atoms with E-state index in [9.17, 15) is 45.4 Å². The number of ether oxygens (including phenoxy) is 3. The molecule has 0 aliphatic carbocycles. The van der Waals surface area contributed by atoms with Gasteiger partial charge < -0.3 is 14.6 Å². The second-order valence-electron chi connectivity index (χ2n) is 6.93. The van der Waals surface area contributed by atoms with Crippen molar-refractivity contribution in [2.24, 2.45) is 0 Å². The lowest BCUT2D eigenvalue weighted by atomic mass is 10.0. The van der Waals surface area contributed by atoms with Crippen LogP contribution in [0.15, 0.2) is 12.1 Å². The van der Waals surface area contributed by atoms with Crippen molar-refractivity contribution < 1.29 is 68.4 Å². The quantitative estimate of drug-likeness (QED) is 0.231. The molecule has 34 heavy (non-hydrogen) atoms. The van der Waals surface area contributed by atoms with Gasteiger partial charge in [-0.05, 0) is 19.1 Å². The van der Waals surface area contributed by atoms with E-state index in [0.29, 0.717) is 12.1 Å². The van der Waals surface area contributed by atoms with E-state index in [1.807, 2.05) is 0 Å². The summed E-state index contributed by atoms with van der Waals surface area (Å²) in [5.74, 6) is -19.1. The molecule has 0 heterocycles. The van der Waals surface area contributed by atoms with Gasteiger partial charge in [0.05, 0.1) is 12.2 Å². The van der Waals surface area contributed by atoms with Crippen LogP contribution in [0.25, 0.3) is 0 Å². The number of carbonyl (C=O) groups is 2.